The Morgan fingerprint density at radius 2 is 1.70 bits per heavy atom. The second-order valence-electron chi connectivity index (χ2n) is 4.59. The third-order valence-electron chi connectivity index (χ3n) is 2.49. The first-order valence-electron chi connectivity index (χ1n) is 5.57. The van der Waals surface area contributed by atoms with Crippen molar-refractivity contribution in [3.05, 3.63) is 35.1 Å². The number of rotatable bonds is 3. The van der Waals surface area contributed by atoms with Gasteiger partial charge in [-0.05, 0) is 19.9 Å². The van der Waals surface area contributed by atoms with Crippen LogP contribution in [0, 0.1) is 5.82 Å². The quantitative estimate of drug-likeness (QED) is 0.487. The fourth-order valence-corrected chi connectivity index (χ4v) is 1.73. The summed E-state index contributed by atoms with van der Waals surface area (Å²) in [7, 11) is 0. The summed E-state index contributed by atoms with van der Waals surface area (Å²) in [5.41, 5.74) is -4.35. The van der Waals surface area contributed by atoms with Gasteiger partial charge in [0.1, 0.15) is 11.4 Å². The average molecular weight is 292 g/mol. The maximum absolute atomic E-state index is 13.4. The summed E-state index contributed by atoms with van der Waals surface area (Å²) in [5, 5.41) is 0. The van der Waals surface area contributed by atoms with Crippen LogP contribution >= 0.6 is 0 Å². The van der Waals surface area contributed by atoms with Crippen molar-refractivity contribution in [3.63, 3.8) is 0 Å². The van der Waals surface area contributed by atoms with Crippen molar-refractivity contribution in [3.8, 4) is 0 Å². The maximum atomic E-state index is 13.4. The normalized spacial score (nSPS) is 12.2. The van der Waals surface area contributed by atoms with Crippen molar-refractivity contribution in [2.75, 3.05) is 0 Å². The smallest absolute Gasteiger partial charge is 0.419 e. The molecule has 1 aromatic rings. The van der Waals surface area contributed by atoms with E-state index < -0.39 is 40.5 Å². The summed E-state index contributed by atoms with van der Waals surface area (Å²) in [6.07, 6.45) is -5.03. The molecule has 0 aliphatic carbocycles. The molecule has 0 atom stereocenters. The van der Waals surface area contributed by atoms with Gasteiger partial charge in [0, 0.05) is 12.5 Å². The Labute approximate surface area is 112 Å². The van der Waals surface area contributed by atoms with Gasteiger partial charge in [-0.2, -0.15) is 13.2 Å². The van der Waals surface area contributed by atoms with Crippen LogP contribution in [0.4, 0.5) is 17.6 Å². The zero-order valence-electron chi connectivity index (χ0n) is 11.0. The van der Waals surface area contributed by atoms with Crippen LogP contribution < -0.4 is 0 Å². The molecule has 0 aliphatic rings. The molecule has 0 saturated heterocycles. The van der Waals surface area contributed by atoms with E-state index in [1.165, 1.54) is 0 Å². The molecule has 7 heteroatoms. The van der Waals surface area contributed by atoms with Crippen LogP contribution in [-0.4, -0.2) is 17.4 Å². The van der Waals surface area contributed by atoms with Crippen molar-refractivity contribution in [2.45, 2.75) is 32.5 Å². The number of ether oxygens (including phenoxy) is 1. The highest BCUT2D eigenvalue weighted by Crippen LogP contribution is 2.35. The molecular weight excluding hydrogens is 280 g/mol. The van der Waals surface area contributed by atoms with E-state index in [0.29, 0.717) is 6.07 Å². The number of alkyl halides is 3. The summed E-state index contributed by atoms with van der Waals surface area (Å²) in [6.45, 7) is 3.30. The van der Waals surface area contributed by atoms with E-state index in [1.807, 2.05) is 0 Å². The molecule has 110 valence electrons. The molecule has 0 radical (unpaired) electrons. The Bertz CT molecular complexity index is 547. The molecule has 0 amide bonds. The van der Waals surface area contributed by atoms with Gasteiger partial charge in [0.25, 0.3) is 0 Å². The topological polar surface area (TPSA) is 43.4 Å². The van der Waals surface area contributed by atoms with E-state index in [1.54, 1.807) is 0 Å². The second-order valence-corrected chi connectivity index (χ2v) is 4.59. The van der Waals surface area contributed by atoms with Gasteiger partial charge in [0.15, 0.2) is 5.60 Å². The lowest BCUT2D eigenvalue weighted by Gasteiger charge is -2.24. The first-order chi connectivity index (χ1) is 8.97. The summed E-state index contributed by atoms with van der Waals surface area (Å²) < 4.78 is 56.5. The van der Waals surface area contributed by atoms with E-state index in [2.05, 4.69) is 4.74 Å². The predicted octanol–water partition coefficient (Wildman–Crippen LogP) is 3.37. The minimum Gasteiger partial charge on any atom is -0.451 e. The number of carbonyl (C=O) groups is 2. The molecule has 0 spiro atoms. The lowest BCUT2D eigenvalue weighted by Crippen LogP contribution is -2.38. The van der Waals surface area contributed by atoms with Gasteiger partial charge in [0.2, 0.25) is 5.78 Å². The Morgan fingerprint density at radius 1 is 1.15 bits per heavy atom. The minimum atomic E-state index is -5.03. The average Bonchev–Trinajstić information content (AvgIpc) is 2.24. The lowest BCUT2D eigenvalue weighted by atomic mass is 9.92. The zero-order valence-corrected chi connectivity index (χ0v) is 11.0. The standard InChI is InChI=1S/C13H12F4O3/c1-7(18)20-12(2,3)11(19)8-5-4-6-9(14)10(8)13(15,16)17/h4-6H,1-3H3. The molecule has 0 heterocycles. The largest absolute Gasteiger partial charge is 0.451 e. The van der Waals surface area contributed by atoms with E-state index in [9.17, 15) is 27.2 Å². The van der Waals surface area contributed by atoms with E-state index in [4.69, 9.17) is 0 Å². The Balaban J connectivity index is 3.37. The van der Waals surface area contributed by atoms with Gasteiger partial charge in [-0.1, -0.05) is 12.1 Å². The van der Waals surface area contributed by atoms with E-state index in [-0.39, 0.29) is 0 Å². The van der Waals surface area contributed by atoms with Gasteiger partial charge in [-0.15, -0.1) is 0 Å². The Kier molecular flexibility index (Phi) is 4.21. The van der Waals surface area contributed by atoms with Crippen molar-refractivity contribution in [1.29, 1.82) is 0 Å². The van der Waals surface area contributed by atoms with E-state index >= 15 is 0 Å². The SMILES string of the molecule is CC(=O)OC(C)(C)C(=O)c1cccc(F)c1C(F)(F)F. The highest BCUT2D eigenvalue weighted by Gasteiger charge is 2.42. The van der Waals surface area contributed by atoms with Gasteiger partial charge in [-0.3, -0.25) is 9.59 Å². The molecule has 0 aromatic heterocycles. The summed E-state index contributed by atoms with van der Waals surface area (Å²) >= 11 is 0. The number of hydrogen-bond donors (Lipinski definition) is 0. The highest BCUT2D eigenvalue weighted by atomic mass is 19.4. The molecule has 0 fully saturated rings. The molecule has 1 aromatic carbocycles. The number of ketones is 1. The van der Waals surface area contributed by atoms with Crippen molar-refractivity contribution in [1.82, 2.24) is 0 Å². The van der Waals surface area contributed by atoms with Gasteiger partial charge < -0.3 is 4.74 Å². The maximum Gasteiger partial charge on any atom is 0.419 e. The minimum absolute atomic E-state index is 0.610. The Hall–Kier alpha value is -1.92. The molecule has 0 bridgehead atoms. The molecule has 0 N–H and O–H groups in total. The van der Waals surface area contributed by atoms with Crippen molar-refractivity contribution < 1.29 is 31.9 Å². The van der Waals surface area contributed by atoms with Crippen LogP contribution in [0.5, 0.6) is 0 Å². The molecule has 0 aliphatic heterocycles. The van der Waals surface area contributed by atoms with Crippen LogP contribution in [0.25, 0.3) is 0 Å². The highest BCUT2D eigenvalue weighted by molar-refractivity contribution is 6.04. The Morgan fingerprint density at radius 3 is 2.15 bits per heavy atom. The van der Waals surface area contributed by atoms with Crippen LogP contribution in [-0.2, 0) is 15.7 Å². The first-order valence-corrected chi connectivity index (χ1v) is 5.57. The molecule has 1 rings (SSSR count). The predicted molar refractivity (Wildman–Crippen MR) is 61.6 cm³/mol. The molecule has 20 heavy (non-hydrogen) atoms. The third kappa shape index (κ3) is 3.34. The van der Waals surface area contributed by atoms with Gasteiger partial charge in [-0.25, -0.2) is 4.39 Å². The lowest BCUT2D eigenvalue weighted by molar-refractivity contribution is -0.149. The van der Waals surface area contributed by atoms with Crippen LogP contribution in [0.3, 0.4) is 0 Å². The fraction of sp³-hybridized carbons (Fsp3) is 0.385. The number of Topliss-reactive ketones (excluding diaryl/α,β-unsaturated/α-hetero) is 1. The monoisotopic (exact) mass is 292 g/mol. The van der Waals surface area contributed by atoms with Gasteiger partial charge >= 0.3 is 12.1 Å². The van der Waals surface area contributed by atoms with Crippen molar-refractivity contribution in [2.24, 2.45) is 0 Å². The van der Waals surface area contributed by atoms with Gasteiger partial charge in [0.05, 0.1) is 0 Å². The van der Waals surface area contributed by atoms with Crippen LogP contribution in [0.15, 0.2) is 18.2 Å². The summed E-state index contributed by atoms with van der Waals surface area (Å²) in [6, 6.07) is 2.44. The zero-order chi connectivity index (χ0) is 15.7. The number of benzene rings is 1. The summed E-state index contributed by atoms with van der Waals surface area (Å²) in [5.74, 6) is -3.50. The molecule has 0 unspecified atom stereocenters. The number of halogens is 4. The van der Waals surface area contributed by atoms with Crippen LogP contribution in [0.2, 0.25) is 0 Å². The molecule has 0 saturated carbocycles. The van der Waals surface area contributed by atoms with Crippen molar-refractivity contribution >= 4 is 11.8 Å². The fourth-order valence-electron chi connectivity index (χ4n) is 1.73. The number of esters is 1. The van der Waals surface area contributed by atoms with E-state index in [0.717, 1.165) is 32.9 Å². The number of hydrogen-bond acceptors (Lipinski definition) is 3. The third-order valence-corrected chi connectivity index (χ3v) is 2.49. The van der Waals surface area contributed by atoms with Crippen LogP contribution in [0.1, 0.15) is 36.7 Å². The summed E-state index contributed by atoms with van der Waals surface area (Å²) in [4.78, 5) is 23.0. The molecule has 3 nitrogen and oxygen atoms in total. The number of carbonyl (C=O) groups excluding carboxylic acids is 2. The molecular formula is C13H12F4O3. The second kappa shape index (κ2) is 5.22. The first kappa shape index (κ1) is 16.1.